The molecule has 0 saturated heterocycles. The highest BCUT2D eigenvalue weighted by atomic mass is 19.4. The number of esters is 1. The fourth-order valence-corrected chi connectivity index (χ4v) is 3.08. The molecule has 0 spiro atoms. The number of aromatic hydroxyl groups is 1. The van der Waals surface area contributed by atoms with Crippen LogP contribution in [-0.4, -0.2) is 17.7 Å². The van der Waals surface area contributed by atoms with Crippen molar-refractivity contribution < 1.29 is 36.6 Å². The van der Waals surface area contributed by atoms with E-state index in [4.69, 9.17) is 10.00 Å². The van der Waals surface area contributed by atoms with Crippen LogP contribution in [0.25, 0.3) is 11.1 Å². The molecule has 0 bridgehead atoms. The minimum Gasteiger partial charge on any atom is -0.508 e. The van der Waals surface area contributed by atoms with E-state index in [0.29, 0.717) is 6.07 Å². The summed E-state index contributed by atoms with van der Waals surface area (Å²) in [5.74, 6) is 1.26. The Labute approximate surface area is 190 Å². The monoisotopic (exact) mass is 471 g/mol. The van der Waals surface area contributed by atoms with Crippen molar-refractivity contribution in [3.8, 4) is 34.8 Å². The Balaban J connectivity index is 2.22. The molecule has 9 heteroatoms. The standard InChI is InChI=1S/C25H14F5NO3/c1-2-34-24(33)16-6-4-14(3-5-15-7-8-18(32)12-21(15)25(28,29)30)19(9-16)17-10-22(26)20(13-31)23(27)11-17/h4,6-12,32H,2H2,1H3. The van der Waals surface area contributed by atoms with Crippen LogP contribution in [0.15, 0.2) is 48.5 Å². The predicted octanol–water partition coefficient (Wildman–Crippen LogP) is 5.80. The number of nitrogens with zero attached hydrogens (tertiary/aromatic N) is 1. The van der Waals surface area contributed by atoms with Crippen molar-refractivity contribution in [1.82, 2.24) is 0 Å². The molecule has 0 aliphatic carbocycles. The van der Waals surface area contributed by atoms with E-state index >= 15 is 0 Å². The lowest BCUT2D eigenvalue weighted by molar-refractivity contribution is -0.137. The third-order valence-corrected chi connectivity index (χ3v) is 4.64. The van der Waals surface area contributed by atoms with Gasteiger partial charge in [-0.05, 0) is 66.6 Å². The number of hydrogen-bond acceptors (Lipinski definition) is 4. The minimum atomic E-state index is -4.79. The van der Waals surface area contributed by atoms with Gasteiger partial charge in [-0.25, -0.2) is 13.6 Å². The topological polar surface area (TPSA) is 70.3 Å². The molecule has 3 aromatic carbocycles. The van der Waals surface area contributed by atoms with Gasteiger partial charge in [0.25, 0.3) is 0 Å². The van der Waals surface area contributed by atoms with Crippen LogP contribution < -0.4 is 0 Å². The molecule has 0 radical (unpaired) electrons. The number of hydrogen-bond donors (Lipinski definition) is 1. The van der Waals surface area contributed by atoms with Gasteiger partial charge in [0.05, 0.1) is 17.7 Å². The number of benzene rings is 3. The number of phenols is 1. The van der Waals surface area contributed by atoms with Gasteiger partial charge in [0.1, 0.15) is 29.0 Å². The van der Waals surface area contributed by atoms with Gasteiger partial charge in [-0.1, -0.05) is 11.8 Å². The number of nitriles is 1. The maximum atomic E-state index is 14.2. The van der Waals surface area contributed by atoms with Gasteiger partial charge in [0.2, 0.25) is 0 Å². The van der Waals surface area contributed by atoms with Crippen LogP contribution in [0.4, 0.5) is 22.0 Å². The second-order valence-electron chi connectivity index (χ2n) is 6.89. The Morgan fingerprint density at radius 1 is 1.00 bits per heavy atom. The van der Waals surface area contributed by atoms with Crippen molar-refractivity contribution in [2.45, 2.75) is 13.1 Å². The Morgan fingerprint density at radius 3 is 2.21 bits per heavy atom. The molecule has 0 saturated carbocycles. The SMILES string of the molecule is CCOC(=O)c1ccc(C#Cc2ccc(O)cc2C(F)(F)F)c(-c2cc(F)c(C#N)c(F)c2)c1. The van der Waals surface area contributed by atoms with E-state index in [1.54, 1.807) is 6.92 Å². The van der Waals surface area contributed by atoms with E-state index in [9.17, 15) is 31.9 Å². The molecule has 0 aliphatic rings. The summed E-state index contributed by atoms with van der Waals surface area (Å²) < 4.78 is 73.4. The molecule has 0 aromatic heterocycles. The number of ether oxygens (including phenoxy) is 1. The summed E-state index contributed by atoms with van der Waals surface area (Å²) in [5, 5.41) is 18.3. The molecule has 0 amide bonds. The Hall–Kier alpha value is -4.37. The summed E-state index contributed by atoms with van der Waals surface area (Å²) in [5.41, 5.74) is -2.40. The van der Waals surface area contributed by atoms with Crippen LogP contribution in [0.5, 0.6) is 5.75 Å². The highest BCUT2D eigenvalue weighted by Gasteiger charge is 2.33. The van der Waals surface area contributed by atoms with Crippen molar-refractivity contribution >= 4 is 5.97 Å². The summed E-state index contributed by atoms with van der Waals surface area (Å²) in [7, 11) is 0. The smallest absolute Gasteiger partial charge is 0.417 e. The molecule has 0 atom stereocenters. The van der Waals surface area contributed by atoms with Gasteiger partial charge in [0.15, 0.2) is 0 Å². The first-order chi connectivity index (χ1) is 16.0. The van der Waals surface area contributed by atoms with E-state index in [1.807, 2.05) is 0 Å². The van der Waals surface area contributed by atoms with E-state index in [2.05, 4.69) is 11.8 Å². The highest BCUT2D eigenvalue weighted by Crippen LogP contribution is 2.34. The van der Waals surface area contributed by atoms with Crippen molar-refractivity contribution in [3.05, 3.63) is 88.0 Å². The van der Waals surface area contributed by atoms with Gasteiger partial charge in [-0.3, -0.25) is 0 Å². The molecule has 0 unspecified atom stereocenters. The van der Waals surface area contributed by atoms with E-state index in [-0.39, 0.29) is 28.9 Å². The normalized spacial score (nSPS) is 10.7. The Kier molecular flexibility index (Phi) is 6.88. The van der Waals surface area contributed by atoms with E-state index in [1.165, 1.54) is 24.3 Å². The fourth-order valence-electron chi connectivity index (χ4n) is 3.08. The van der Waals surface area contributed by atoms with E-state index < -0.39 is 46.2 Å². The highest BCUT2D eigenvalue weighted by molar-refractivity contribution is 5.92. The Morgan fingerprint density at radius 2 is 1.62 bits per heavy atom. The van der Waals surface area contributed by atoms with Gasteiger partial charge in [0, 0.05) is 11.1 Å². The lowest BCUT2D eigenvalue weighted by atomic mass is 9.95. The van der Waals surface area contributed by atoms with Gasteiger partial charge in [-0.15, -0.1) is 0 Å². The summed E-state index contributed by atoms with van der Waals surface area (Å²) >= 11 is 0. The third kappa shape index (κ3) is 5.16. The van der Waals surface area contributed by atoms with Crippen molar-refractivity contribution in [2.24, 2.45) is 0 Å². The molecular formula is C25H14F5NO3. The number of halogens is 5. The zero-order valence-electron chi connectivity index (χ0n) is 17.4. The summed E-state index contributed by atoms with van der Waals surface area (Å²) in [6, 6.07) is 9.52. The van der Waals surface area contributed by atoms with Gasteiger partial charge in [-0.2, -0.15) is 18.4 Å². The molecule has 4 nitrogen and oxygen atoms in total. The number of alkyl halides is 3. The van der Waals surface area contributed by atoms with Crippen LogP contribution >= 0.6 is 0 Å². The number of rotatable bonds is 3. The molecular weight excluding hydrogens is 457 g/mol. The maximum Gasteiger partial charge on any atom is 0.417 e. The second kappa shape index (κ2) is 9.63. The molecule has 34 heavy (non-hydrogen) atoms. The van der Waals surface area contributed by atoms with Crippen LogP contribution in [0.3, 0.4) is 0 Å². The molecule has 172 valence electrons. The van der Waals surface area contributed by atoms with Gasteiger partial charge >= 0.3 is 12.1 Å². The molecule has 0 fully saturated rings. The average Bonchev–Trinajstić information content (AvgIpc) is 2.77. The quantitative estimate of drug-likeness (QED) is 0.298. The zero-order valence-corrected chi connectivity index (χ0v) is 17.4. The lowest BCUT2D eigenvalue weighted by Crippen LogP contribution is -2.07. The predicted molar refractivity (Wildman–Crippen MR) is 112 cm³/mol. The van der Waals surface area contributed by atoms with Crippen LogP contribution in [0.2, 0.25) is 0 Å². The summed E-state index contributed by atoms with van der Waals surface area (Å²) in [6.07, 6.45) is -4.79. The van der Waals surface area contributed by atoms with Crippen molar-refractivity contribution in [3.63, 3.8) is 0 Å². The van der Waals surface area contributed by atoms with Crippen LogP contribution in [0, 0.1) is 34.8 Å². The van der Waals surface area contributed by atoms with Crippen molar-refractivity contribution in [1.29, 1.82) is 5.26 Å². The second-order valence-corrected chi connectivity index (χ2v) is 6.89. The molecule has 1 N–H and O–H groups in total. The average molecular weight is 471 g/mol. The third-order valence-electron chi connectivity index (χ3n) is 4.64. The van der Waals surface area contributed by atoms with Crippen LogP contribution in [-0.2, 0) is 10.9 Å². The molecule has 0 aliphatic heterocycles. The first-order valence-corrected chi connectivity index (χ1v) is 9.68. The largest absolute Gasteiger partial charge is 0.508 e. The zero-order chi connectivity index (χ0) is 25.0. The molecule has 3 aromatic rings. The molecule has 0 heterocycles. The van der Waals surface area contributed by atoms with Crippen molar-refractivity contribution in [2.75, 3.05) is 6.61 Å². The van der Waals surface area contributed by atoms with Gasteiger partial charge < -0.3 is 9.84 Å². The summed E-state index contributed by atoms with van der Waals surface area (Å²) in [4.78, 5) is 12.1. The van der Waals surface area contributed by atoms with E-state index in [0.717, 1.165) is 24.3 Å². The lowest BCUT2D eigenvalue weighted by Gasteiger charge is -2.11. The number of carbonyl (C=O) groups excluding carboxylic acids is 1. The maximum absolute atomic E-state index is 14.2. The fraction of sp³-hybridized carbons (Fsp3) is 0.120. The minimum absolute atomic E-state index is 0.0215. The summed E-state index contributed by atoms with van der Waals surface area (Å²) in [6.45, 7) is 1.65. The Bertz CT molecular complexity index is 1360. The number of phenolic OH excluding ortho intramolecular Hbond substituents is 1. The number of carbonyl (C=O) groups is 1. The first kappa shape index (κ1) is 24.3. The first-order valence-electron chi connectivity index (χ1n) is 9.68. The van der Waals surface area contributed by atoms with Crippen LogP contribution in [0.1, 0.15) is 39.5 Å². The molecule has 3 rings (SSSR count).